The molecule has 1 saturated carbocycles. The van der Waals surface area contributed by atoms with Crippen molar-refractivity contribution < 1.29 is 13.9 Å². The van der Waals surface area contributed by atoms with Crippen LogP contribution in [0.2, 0.25) is 0 Å². The molecule has 0 bridgehead atoms. The number of carbonyl (C=O) groups excluding carboxylic acids is 1. The SMILES string of the molecule is CCN1CCN(CC(=O)Nc2nc3ccc(Sc4nnc5ccc(O[C@@H]6CCCC[C@H]6F)nn45)cc3s2)CC1. The first-order valence-electron chi connectivity index (χ1n) is 13.4. The zero-order chi connectivity index (χ0) is 26.8. The molecule has 39 heavy (non-hydrogen) atoms. The minimum Gasteiger partial charge on any atom is -0.470 e. The van der Waals surface area contributed by atoms with Gasteiger partial charge in [0.2, 0.25) is 16.9 Å². The molecule has 1 aliphatic carbocycles. The van der Waals surface area contributed by atoms with Gasteiger partial charge in [0.05, 0.1) is 16.8 Å². The number of nitrogens with zero attached hydrogens (tertiary/aromatic N) is 7. The number of hydrogen-bond acceptors (Lipinski definition) is 10. The van der Waals surface area contributed by atoms with Gasteiger partial charge in [0.25, 0.3) is 0 Å². The molecule has 4 heterocycles. The number of amides is 1. The number of alkyl halides is 1. The molecule has 0 radical (unpaired) electrons. The van der Waals surface area contributed by atoms with Crippen molar-refractivity contribution in [2.75, 3.05) is 44.6 Å². The predicted octanol–water partition coefficient (Wildman–Crippen LogP) is 4.12. The first kappa shape index (κ1) is 26.4. The van der Waals surface area contributed by atoms with E-state index in [2.05, 4.69) is 42.3 Å². The molecule has 0 unspecified atom stereocenters. The molecule has 1 aromatic carbocycles. The molecular formula is C26H31FN8O2S2. The van der Waals surface area contributed by atoms with Gasteiger partial charge in [0.15, 0.2) is 10.8 Å². The summed E-state index contributed by atoms with van der Waals surface area (Å²) in [6, 6.07) is 9.41. The summed E-state index contributed by atoms with van der Waals surface area (Å²) >= 11 is 2.87. The van der Waals surface area contributed by atoms with Crippen molar-refractivity contribution in [2.24, 2.45) is 0 Å². The minimum atomic E-state index is -0.969. The van der Waals surface area contributed by atoms with Crippen molar-refractivity contribution in [1.82, 2.24) is 34.6 Å². The van der Waals surface area contributed by atoms with Gasteiger partial charge in [-0.3, -0.25) is 9.69 Å². The smallest absolute Gasteiger partial charge is 0.240 e. The van der Waals surface area contributed by atoms with E-state index in [0.717, 1.165) is 60.7 Å². The molecule has 3 aromatic heterocycles. The van der Waals surface area contributed by atoms with E-state index in [1.807, 2.05) is 18.2 Å². The summed E-state index contributed by atoms with van der Waals surface area (Å²) in [6.45, 7) is 7.38. The molecule has 0 spiro atoms. The van der Waals surface area contributed by atoms with E-state index in [1.54, 1.807) is 16.6 Å². The van der Waals surface area contributed by atoms with Crippen LogP contribution in [-0.2, 0) is 4.79 Å². The Kier molecular flexibility index (Phi) is 7.91. The lowest BCUT2D eigenvalue weighted by molar-refractivity contribution is -0.117. The molecular weight excluding hydrogens is 539 g/mol. The Balaban J connectivity index is 1.11. The second-order valence-electron chi connectivity index (χ2n) is 9.89. The average Bonchev–Trinajstić information content (AvgIpc) is 3.53. The number of likely N-dealkylation sites (N-methyl/N-ethyl adjacent to an activating group) is 1. The molecule has 2 aliphatic rings. The number of nitrogens with one attached hydrogen (secondary N) is 1. The Bertz CT molecular complexity index is 1450. The van der Waals surface area contributed by atoms with E-state index < -0.39 is 12.3 Å². The van der Waals surface area contributed by atoms with Gasteiger partial charge in [-0.05, 0) is 61.8 Å². The number of benzene rings is 1. The summed E-state index contributed by atoms with van der Waals surface area (Å²) in [4.78, 5) is 22.7. The summed E-state index contributed by atoms with van der Waals surface area (Å²) in [5.41, 5.74) is 1.41. The molecule has 1 amide bonds. The van der Waals surface area contributed by atoms with Crippen LogP contribution in [0.4, 0.5) is 9.52 Å². The monoisotopic (exact) mass is 570 g/mol. The van der Waals surface area contributed by atoms with Gasteiger partial charge in [0, 0.05) is 37.1 Å². The maximum absolute atomic E-state index is 14.3. The zero-order valence-corrected chi connectivity index (χ0v) is 23.4. The third-order valence-electron chi connectivity index (χ3n) is 7.20. The zero-order valence-electron chi connectivity index (χ0n) is 21.8. The minimum absolute atomic E-state index is 0.0417. The topological polar surface area (TPSA) is 101 Å². The Morgan fingerprint density at radius 2 is 1.95 bits per heavy atom. The summed E-state index contributed by atoms with van der Waals surface area (Å²) in [5.74, 6) is 0.323. The second kappa shape index (κ2) is 11.7. The summed E-state index contributed by atoms with van der Waals surface area (Å²) < 4.78 is 22.7. The first-order chi connectivity index (χ1) is 19.0. The van der Waals surface area contributed by atoms with Crippen LogP contribution in [0.5, 0.6) is 5.88 Å². The van der Waals surface area contributed by atoms with Crippen molar-refractivity contribution in [1.29, 1.82) is 0 Å². The number of fused-ring (bicyclic) bond motifs is 2. The number of aromatic nitrogens is 5. The highest BCUT2D eigenvalue weighted by Crippen LogP contribution is 2.33. The van der Waals surface area contributed by atoms with Gasteiger partial charge in [0.1, 0.15) is 12.3 Å². The lowest BCUT2D eigenvalue weighted by Crippen LogP contribution is -2.48. The van der Waals surface area contributed by atoms with Crippen molar-refractivity contribution >= 4 is 50.0 Å². The Morgan fingerprint density at radius 3 is 2.77 bits per heavy atom. The number of piperazine rings is 1. The fourth-order valence-electron chi connectivity index (χ4n) is 4.97. The maximum Gasteiger partial charge on any atom is 0.240 e. The van der Waals surface area contributed by atoms with E-state index in [-0.39, 0.29) is 5.91 Å². The molecule has 1 N–H and O–H groups in total. The fraction of sp³-hybridized carbons (Fsp3) is 0.500. The molecule has 1 saturated heterocycles. The van der Waals surface area contributed by atoms with Crippen LogP contribution in [0.3, 0.4) is 0 Å². The van der Waals surface area contributed by atoms with Crippen LogP contribution < -0.4 is 10.1 Å². The number of halogens is 1. The third-order valence-corrected chi connectivity index (χ3v) is 9.06. The van der Waals surface area contributed by atoms with Crippen LogP contribution in [0, 0.1) is 0 Å². The maximum atomic E-state index is 14.3. The van der Waals surface area contributed by atoms with Crippen molar-refractivity contribution in [3.05, 3.63) is 30.3 Å². The Morgan fingerprint density at radius 1 is 1.13 bits per heavy atom. The molecule has 206 valence electrons. The highest BCUT2D eigenvalue weighted by molar-refractivity contribution is 7.99. The van der Waals surface area contributed by atoms with Crippen LogP contribution in [-0.4, -0.2) is 92.0 Å². The number of carbonyl (C=O) groups is 1. The van der Waals surface area contributed by atoms with E-state index in [4.69, 9.17) is 4.74 Å². The van der Waals surface area contributed by atoms with Gasteiger partial charge >= 0.3 is 0 Å². The standard InChI is InChI=1S/C26H31FN8O2S2/c1-2-33-11-13-34(14-12-33)16-23(36)29-25-28-19-8-7-17(15-21(19)39-25)38-26-31-30-22-9-10-24(32-35(22)26)37-20-6-4-3-5-18(20)27/h7-10,15,18,20H,2-6,11-14,16H2,1H3,(H,28,29,36)/t18-,20-/m1/s1. The highest BCUT2D eigenvalue weighted by atomic mass is 32.2. The number of anilines is 1. The van der Waals surface area contributed by atoms with Crippen LogP contribution in [0.1, 0.15) is 32.6 Å². The van der Waals surface area contributed by atoms with Crippen molar-refractivity contribution in [3.63, 3.8) is 0 Å². The van der Waals surface area contributed by atoms with Crippen molar-refractivity contribution in [2.45, 2.75) is 54.9 Å². The van der Waals surface area contributed by atoms with E-state index in [9.17, 15) is 9.18 Å². The highest BCUT2D eigenvalue weighted by Gasteiger charge is 2.27. The van der Waals surface area contributed by atoms with Crippen LogP contribution in [0.15, 0.2) is 40.4 Å². The number of rotatable bonds is 8. The lowest BCUT2D eigenvalue weighted by atomic mass is 9.96. The largest absolute Gasteiger partial charge is 0.470 e. The summed E-state index contributed by atoms with van der Waals surface area (Å²) in [6.07, 6.45) is 1.65. The molecule has 2 fully saturated rings. The number of thiazole rings is 1. The lowest BCUT2D eigenvalue weighted by Gasteiger charge is -2.33. The molecule has 13 heteroatoms. The molecule has 2 atom stereocenters. The van der Waals surface area contributed by atoms with Gasteiger partial charge < -0.3 is 15.0 Å². The quantitative estimate of drug-likeness (QED) is 0.335. The van der Waals surface area contributed by atoms with Gasteiger partial charge in [-0.2, -0.15) is 4.52 Å². The van der Waals surface area contributed by atoms with Crippen LogP contribution in [0.25, 0.3) is 15.9 Å². The first-order valence-corrected chi connectivity index (χ1v) is 15.0. The normalized spacial score (nSPS) is 21.0. The second-order valence-corrected chi connectivity index (χ2v) is 12.0. The van der Waals surface area contributed by atoms with E-state index >= 15 is 0 Å². The Hall–Kier alpha value is -2.87. The predicted molar refractivity (Wildman–Crippen MR) is 149 cm³/mol. The molecule has 1 aliphatic heterocycles. The molecule has 4 aromatic rings. The molecule has 10 nitrogen and oxygen atoms in total. The van der Waals surface area contributed by atoms with E-state index in [0.29, 0.717) is 41.2 Å². The van der Waals surface area contributed by atoms with Gasteiger partial charge in [-0.25, -0.2) is 9.37 Å². The number of ether oxygens (including phenoxy) is 1. The average molecular weight is 571 g/mol. The van der Waals surface area contributed by atoms with E-state index in [1.165, 1.54) is 23.1 Å². The molecule has 6 rings (SSSR count). The van der Waals surface area contributed by atoms with Crippen molar-refractivity contribution in [3.8, 4) is 5.88 Å². The summed E-state index contributed by atoms with van der Waals surface area (Å²) in [5, 5.41) is 17.2. The Labute approximate surface area is 233 Å². The summed E-state index contributed by atoms with van der Waals surface area (Å²) in [7, 11) is 0. The third kappa shape index (κ3) is 6.16. The van der Waals surface area contributed by atoms with Crippen LogP contribution >= 0.6 is 23.1 Å². The number of hydrogen-bond donors (Lipinski definition) is 1. The van der Waals surface area contributed by atoms with Gasteiger partial charge in [-0.1, -0.05) is 24.7 Å². The van der Waals surface area contributed by atoms with Gasteiger partial charge in [-0.15, -0.1) is 15.3 Å². The fourth-order valence-corrected chi connectivity index (χ4v) is 6.79.